The number of nitrogens with zero attached hydrogens (tertiary/aromatic N) is 1. The predicted octanol–water partition coefficient (Wildman–Crippen LogP) is 4.79. The van der Waals surface area contributed by atoms with Crippen molar-refractivity contribution in [2.75, 3.05) is 25.5 Å². The van der Waals surface area contributed by atoms with Crippen LogP contribution >= 0.6 is 11.6 Å². The van der Waals surface area contributed by atoms with Gasteiger partial charge in [-0.25, -0.2) is 9.18 Å². The first-order chi connectivity index (χ1) is 12.0. The number of carbonyl (C=O) groups excluding carboxylic acids is 1. The Balaban J connectivity index is 1.71. The average Bonchev–Trinajstić information content (AvgIpc) is 3.00. The Bertz CT molecular complexity index is 752. The molecule has 3 rings (SSSR count). The van der Waals surface area contributed by atoms with E-state index in [-0.39, 0.29) is 11.9 Å². The Morgan fingerprint density at radius 3 is 2.76 bits per heavy atom. The van der Waals surface area contributed by atoms with Gasteiger partial charge in [0.05, 0.1) is 5.69 Å². The molecule has 1 aliphatic rings. The molecule has 1 fully saturated rings. The van der Waals surface area contributed by atoms with Gasteiger partial charge in [0.15, 0.2) is 0 Å². The van der Waals surface area contributed by atoms with Crippen LogP contribution < -0.4 is 5.32 Å². The van der Waals surface area contributed by atoms with Crippen LogP contribution in [0.4, 0.5) is 14.9 Å². The number of carbonyl (C=O) groups is 1. The number of benzene rings is 2. The van der Waals surface area contributed by atoms with E-state index in [0.29, 0.717) is 22.9 Å². The minimum absolute atomic E-state index is 0.259. The summed E-state index contributed by atoms with van der Waals surface area (Å²) in [5.74, 6) is -0.378. The SMILES string of the molecule is CN1CCC[C@H]1COC(=O)Nc1ccc(F)cc1-c1ccc(Cl)cc1. The molecule has 1 saturated heterocycles. The molecule has 2 aromatic carbocycles. The molecule has 1 atom stereocenters. The van der Waals surface area contributed by atoms with E-state index in [2.05, 4.69) is 10.2 Å². The van der Waals surface area contributed by atoms with Gasteiger partial charge >= 0.3 is 6.09 Å². The van der Waals surface area contributed by atoms with Crippen LogP contribution in [0.1, 0.15) is 12.8 Å². The molecular weight excluding hydrogens is 343 g/mol. The fourth-order valence-corrected chi connectivity index (χ4v) is 3.13. The molecule has 0 spiro atoms. The topological polar surface area (TPSA) is 41.6 Å². The molecule has 2 aromatic rings. The molecule has 25 heavy (non-hydrogen) atoms. The van der Waals surface area contributed by atoms with Gasteiger partial charge in [0.1, 0.15) is 12.4 Å². The molecular formula is C19H20ClFN2O2. The van der Waals surface area contributed by atoms with Gasteiger partial charge in [-0.3, -0.25) is 5.32 Å². The maximum absolute atomic E-state index is 13.7. The van der Waals surface area contributed by atoms with Crippen LogP contribution in [-0.4, -0.2) is 37.2 Å². The molecule has 4 nitrogen and oxygen atoms in total. The van der Waals surface area contributed by atoms with Crippen molar-refractivity contribution in [2.24, 2.45) is 0 Å². The summed E-state index contributed by atoms with van der Waals surface area (Å²) in [6.07, 6.45) is 1.60. The smallest absolute Gasteiger partial charge is 0.411 e. The van der Waals surface area contributed by atoms with Crippen LogP contribution in [0.25, 0.3) is 11.1 Å². The summed E-state index contributed by atoms with van der Waals surface area (Å²) in [6.45, 7) is 1.37. The van der Waals surface area contributed by atoms with E-state index in [1.165, 1.54) is 18.2 Å². The number of amides is 1. The summed E-state index contributed by atoms with van der Waals surface area (Å²) < 4.78 is 19.0. The highest BCUT2D eigenvalue weighted by molar-refractivity contribution is 6.30. The number of hydrogen-bond donors (Lipinski definition) is 1. The molecule has 0 saturated carbocycles. The lowest BCUT2D eigenvalue weighted by Gasteiger charge is -2.19. The standard InChI is InChI=1S/C19H20ClFN2O2/c1-23-10-2-3-16(23)12-25-19(24)22-18-9-8-15(21)11-17(18)13-4-6-14(20)7-5-13/h4-9,11,16H,2-3,10,12H2,1H3,(H,22,24)/t16-/m0/s1. The van der Waals surface area contributed by atoms with Crippen molar-refractivity contribution >= 4 is 23.4 Å². The zero-order chi connectivity index (χ0) is 17.8. The summed E-state index contributed by atoms with van der Waals surface area (Å²) in [6, 6.07) is 11.5. The fraction of sp³-hybridized carbons (Fsp3) is 0.316. The minimum atomic E-state index is -0.540. The zero-order valence-electron chi connectivity index (χ0n) is 14.0. The Labute approximate surface area is 151 Å². The summed E-state index contributed by atoms with van der Waals surface area (Å²) in [7, 11) is 2.03. The number of likely N-dealkylation sites (N-methyl/N-ethyl adjacent to an activating group) is 1. The second-order valence-electron chi connectivity index (χ2n) is 6.20. The quantitative estimate of drug-likeness (QED) is 0.850. The van der Waals surface area contributed by atoms with Crippen molar-refractivity contribution in [3.63, 3.8) is 0 Å². The van der Waals surface area contributed by atoms with E-state index in [9.17, 15) is 9.18 Å². The molecule has 1 amide bonds. The first kappa shape index (κ1) is 17.7. The van der Waals surface area contributed by atoms with E-state index >= 15 is 0 Å². The van der Waals surface area contributed by atoms with Gasteiger partial charge < -0.3 is 9.64 Å². The summed E-state index contributed by atoms with van der Waals surface area (Å²) in [5, 5.41) is 3.30. The highest BCUT2D eigenvalue weighted by Crippen LogP contribution is 2.30. The third-order valence-corrected chi connectivity index (χ3v) is 4.70. The van der Waals surface area contributed by atoms with Gasteiger partial charge in [0.2, 0.25) is 0 Å². The van der Waals surface area contributed by atoms with Crippen molar-refractivity contribution in [2.45, 2.75) is 18.9 Å². The van der Waals surface area contributed by atoms with Crippen molar-refractivity contribution in [3.05, 3.63) is 53.3 Å². The Morgan fingerprint density at radius 2 is 2.08 bits per heavy atom. The lowest BCUT2D eigenvalue weighted by Crippen LogP contribution is -2.31. The van der Waals surface area contributed by atoms with Crippen LogP contribution in [-0.2, 0) is 4.74 Å². The van der Waals surface area contributed by atoms with Crippen LogP contribution in [0.5, 0.6) is 0 Å². The summed E-state index contributed by atoms with van der Waals surface area (Å²) >= 11 is 5.90. The number of ether oxygens (including phenoxy) is 1. The Hall–Kier alpha value is -2.11. The van der Waals surface area contributed by atoms with Gasteiger partial charge in [-0.05, 0) is 62.3 Å². The van der Waals surface area contributed by atoms with Crippen molar-refractivity contribution in [1.29, 1.82) is 0 Å². The Morgan fingerprint density at radius 1 is 1.32 bits per heavy atom. The molecule has 0 radical (unpaired) electrons. The minimum Gasteiger partial charge on any atom is -0.448 e. The second kappa shape index (κ2) is 7.85. The van der Waals surface area contributed by atoms with Gasteiger partial charge in [-0.15, -0.1) is 0 Å². The molecule has 1 aliphatic heterocycles. The maximum atomic E-state index is 13.7. The third-order valence-electron chi connectivity index (χ3n) is 4.45. The molecule has 0 unspecified atom stereocenters. The van der Waals surface area contributed by atoms with Crippen LogP contribution in [0.15, 0.2) is 42.5 Å². The van der Waals surface area contributed by atoms with E-state index in [0.717, 1.165) is 24.9 Å². The monoisotopic (exact) mass is 362 g/mol. The zero-order valence-corrected chi connectivity index (χ0v) is 14.7. The highest BCUT2D eigenvalue weighted by Gasteiger charge is 2.22. The van der Waals surface area contributed by atoms with E-state index < -0.39 is 6.09 Å². The highest BCUT2D eigenvalue weighted by atomic mass is 35.5. The number of nitrogens with one attached hydrogen (secondary N) is 1. The van der Waals surface area contributed by atoms with E-state index in [4.69, 9.17) is 16.3 Å². The van der Waals surface area contributed by atoms with Gasteiger partial charge in [0.25, 0.3) is 0 Å². The van der Waals surface area contributed by atoms with Gasteiger partial charge in [-0.2, -0.15) is 0 Å². The molecule has 0 bridgehead atoms. The van der Waals surface area contributed by atoms with Crippen molar-refractivity contribution < 1.29 is 13.9 Å². The fourth-order valence-electron chi connectivity index (χ4n) is 3.00. The van der Waals surface area contributed by atoms with E-state index in [1.54, 1.807) is 24.3 Å². The number of hydrogen-bond acceptors (Lipinski definition) is 3. The van der Waals surface area contributed by atoms with Gasteiger partial charge in [-0.1, -0.05) is 23.7 Å². The van der Waals surface area contributed by atoms with Crippen molar-refractivity contribution in [3.8, 4) is 11.1 Å². The van der Waals surface area contributed by atoms with Crippen molar-refractivity contribution in [1.82, 2.24) is 4.90 Å². The largest absolute Gasteiger partial charge is 0.448 e. The molecule has 6 heteroatoms. The van der Waals surface area contributed by atoms with Crippen LogP contribution in [0.2, 0.25) is 5.02 Å². The number of anilines is 1. The molecule has 132 valence electrons. The lowest BCUT2D eigenvalue weighted by molar-refractivity contribution is 0.127. The first-order valence-electron chi connectivity index (χ1n) is 8.22. The normalized spacial score (nSPS) is 17.5. The van der Waals surface area contributed by atoms with E-state index in [1.807, 2.05) is 7.05 Å². The maximum Gasteiger partial charge on any atom is 0.411 e. The molecule has 0 aliphatic carbocycles. The average molecular weight is 363 g/mol. The first-order valence-corrected chi connectivity index (χ1v) is 8.60. The third kappa shape index (κ3) is 4.50. The summed E-state index contributed by atoms with van der Waals surface area (Å²) in [5.41, 5.74) is 1.83. The van der Waals surface area contributed by atoms with Crippen LogP contribution in [0, 0.1) is 5.82 Å². The molecule has 1 heterocycles. The molecule has 0 aromatic heterocycles. The number of rotatable bonds is 4. The van der Waals surface area contributed by atoms with Gasteiger partial charge in [0, 0.05) is 16.6 Å². The summed E-state index contributed by atoms with van der Waals surface area (Å²) in [4.78, 5) is 14.3. The lowest BCUT2D eigenvalue weighted by atomic mass is 10.0. The predicted molar refractivity (Wildman–Crippen MR) is 97.5 cm³/mol. The second-order valence-corrected chi connectivity index (χ2v) is 6.63. The Kier molecular flexibility index (Phi) is 5.56. The number of likely N-dealkylation sites (tertiary alicyclic amines) is 1. The molecule has 1 N–H and O–H groups in total. The number of halogens is 2. The van der Waals surface area contributed by atoms with Crippen LogP contribution in [0.3, 0.4) is 0 Å².